The summed E-state index contributed by atoms with van der Waals surface area (Å²) >= 11 is 0. The first-order valence-corrected chi connectivity index (χ1v) is 8.73. The lowest BCUT2D eigenvalue weighted by atomic mass is 10.1. The molecular weight excluding hydrogens is 351 g/mol. The van der Waals surface area contributed by atoms with Crippen LogP contribution in [-0.4, -0.2) is 38.8 Å². The summed E-state index contributed by atoms with van der Waals surface area (Å²) in [6.45, 7) is 6.17. The van der Waals surface area contributed by atoms with Crippen LogP contribution in [0.3, 0.4) is 0 Å². The standard InChI is InChI=1S/C19H23FN4O3/c1-19(2,3)27-18(26)24-10-9-15-14(11-24)16(23(4)22-15)17(25)21-13-7-5-12(20)6-8-13/h5-8H,9-11H2,1-4H3,(H,21,25). The van der Waals surface area contributed by atoms with Gasteiger partial charge in [0.05, 0.1) is 12.2 Å². The fourth-order valence-electron chi connectivity index (χ4n) is 2.99. The van der Waals surface area contributed by atoms with E-state index in [2.05, 4.69) is 10.4 Å². The molecule has 2 amide bonds. The second-order valence-electron chi connectivity index (χ2n) is 7.51. The number of carbonyl (C=O) groups excluding carboxylic acids is 2. The normalized spacial score (nSPS) is 13.9. The van der Waals surface area contributed by atoms with Gasteiger partial charge in [-0.25, -0.2) is 9.18 Å². The van der Waals surface area contributed by atoms with Crippen LogP contribution in [0.25, 0.3) is 0 Å². The molecule has 0 unspecified atom stereocenters. The minimum Gasteiger partial charge on any atom is -0.444 e. The van der Waals surface area contributed by atoms with E-state index in [4.69, 9.17) is 4.74 Å². The van der Waals surface area contributed by atoms with E-state index in [9.17, 15) is 14.0 Å². The number of nitrogens with one attached hydrogen (secondary N) is 1. The molecule has 0 bridgehead atoms. The minimum atomic E-state index is -0.588. The molecule has 0 saturated heterocycles. The zero-order valence-electron chi connectivity index (χ0n) is 15.9. The molecule has 1 N–H and O–H groups in total. The zero-order chi connectivity index (χ0) is 19.8. The van der Waals surface area contributed by atoms with E-state index in [1.54, 1.807) is 11.9 Å². The molecule has 0 spiro atoms. The largest absolute Gasteiger partial charge is 0.444 e. The minimum absolute atomic E-state index is 0.254. The number of aryl methyl sites for hydroxylation is 1. The monoisotopic (exact) mass is 374 g/mol. The summed E-state index contributed by atoms with van der Waals surface area (Å²) in [6, 6.07) is 5.53. The fraction of sp³-hybridized carbons (Fsp3) is 0.421. The van der Waals surface area contributed by atoms with Crippen molar-refractivity contribution in [1.29, 1.82) is 0 Å². The maximum Gasteiger partial charge on any atom is 0.410 e. The molecule has 1 aliphatic rings. The summed E-state index contributed by atoms with van der Waals surface area (Å²) in [5.74, 6) is -0.734. The molecule has 0 radical (unpaired) electrons. The van der Waals surface area contributed by atoms with E-state index in [0.29, 0.717) is 29.9 Å². The molecule has 0 saturated carbocycles. The van der Waals surface area contributed by atoms with Gasteiger partial charge in [-0.15, -0.1) is 0 Å². The second kappa shape index (κ2) is 7.02. The van der Waals surface area contributed by atoms with E-state index in [-0.39, 0.29) is 18.3 Å². The number of amides is 2. The lowest BCUT2D eigenvalue weighted by Crippen LogP contribution is -2.40. The molecule has 3 rings (SSSR count). The highest BCUT2D eigenvalue weighted by Crippen LogP contribution is 2.24. The molecule has 1 aromatic carbocycles. The number of benzene rings is 1. The van der Waals surface area contributed by atoms with Crippen LogP contribution >= 0.6 is 0 Å². The Hall–Kier alpha value is -2.90. The first-order chi connectivity index (χ1) is 12.6. The predicted octanol–water partition coefficient (Wildman–Crippen LogP) is 3.10. The third kappa shape index (κ3) is 4.27. The van der Waals surface area contributed by atoms with Crippen LogP contribution in [0.1, 0.15) is 42.5 Å². The van der Waals surface area contributed by atoms with E-state index in [1.165, 1.54) is 28.9 Å². The topological polar surface area (TPSA) is 76.5 Å². The van der Waals surface area contributed by atoms with Gasteiger partial charge in [-0.3, -0.25) is 9.48 Å². The number of fused-ring (bicyclic) bond motifs is 1. The molecule has 1 aromatic heterocycles. The van der Waals surface area contributed by atoms with Crippen molar-refractivity contribution in [3.63, 3.8) is 0 Å². The first-order valence-electron chi connectivity index (χ1n) is 8.73. The Morgan fingerprint density at radius 2 is 1.89 bits per heavy atom. The lowest BCUT2D eigenvalue weighted by Gasteiger charge is -2.29. The number of hydrogen-bond donors (Lipinski definition) is 1. The van der Waals surface area contributed by atoms with Gasteiger partial charge in [0.2, 0.25) is 0 Å². The number of anilines is 1. The van der Waals surface area contributed by atoms with Crippen molar-refractivity contribution in [3.8, 4) is 0 Å². The number of halogens is 1. The maximum atomic E-state index is 13.0. The molecule has 1 aliphatic heterocycles. The highest BCUT2D eigenvalue weighted by atomic mass is 19.1. The van der Waals surface area contributed by atoms with Gasteiger partial charge < -0.3 is 15.0 Å². The van der Waals surface area contributed by atoms with Gasteiger partial charge in [0, 0.05) is 31.3 Å². The second-order valence-corrected chi connectivity index (χ2v) is 7.51. The summed E-state index contributed by atoms with van der Waals surface area (Å²) in [6.07, 6.45) is 0.133. The fourth-order valence-corrected chi connectivity index (χ4v) is 2.99. The third-order valence-corrected chi connectivity index (χ3v) is 4.16. The summed E-state index contributed by atoms with van der Waals surface area (Å²) in [7, 11) is 1.69. The van der Waals surface area contributed by atoms with Crippen molar-refractivity contribution in [3.05, 3.63) is 47.0 Å². The van der Waals surface area contributed by atoms with Crippen molar-refractivity contribution in [2.24, 2.45) is 7.05 Å². The summed E-state index contributed by atoms with van der Waals surface area (Å²) in [4.78, 5) is 26.7. The number of carbonyl (C=O) groups is 2. The average molecular weight is 374 g/mol. The lowest BCUT2D eigenvalue weighted by molar-refractivity contribution is 0.0222. The SMILES string of the molecule is Cn1nc2c(c1C(=O)Nc1ccc(F)cc1)CN(C(=O)OC(C)(C)C)CC2. The Bertz CT molecular complexity index is 868. The smallest absolute Gasteiger partial charge is 0.410 e. The summed E-state index contributed by atoms with van der Waals surface area (Å²) in [5, 5.41) is 7.16. The molecule has 2 heterocycles. The Morgan fingerprint density at radius 1 is 1.22 bits per heavy atom. The summed E-state index contributed by atoms with van der Waals surface area (Å²) in [5.41, 5.74) is 1.77. The van der Waals surface area contributed by atoms with E-state index in [1.807, 2.05) is 20.8 Å². The number of rotatable bonds is 2. The Balaban J connectivity index is 1.81. The van der Waals surface area contributed by atoms with Crippen molar-refractivity contribution in [2.45, 2.75) is 39.3 Å². The Kier molecular flexibility index (Phi) is 4.91. The third-order valence-electron chi connectivity index (χ3n) is 4.16. The van der Waals surface area contributed by atoms with Gasteiger partial charge in [0.1, 0.15) is 17.1 Å². The van der Waals surface area contributed by atoms with Gasteiger partial charge in [0.15, 0.2) is 0 Å². The van der Waals surface area contributed by atoms with E-state index in [0.717, 1.165) is 5.69 Å². The van der Waals surface area contributed by atoms with Crippen LogP contribution in [0.5, 0.6) is 0 Å². The number of hydrogen-bond acceptors (Lipinski definition) is 4. The molecule has 0 fully saturated rings. The molecule has 144 valence electrons. The van der Waals surface area contributed by atoms with Gasteiger partial charge in [-0.05, 0) is 45.0 Å². The van der Waals surface area contributed by atoms with Gasteiger partial charge >= 0.3 is 6.09 Å². The number of nitrogens with zero attached hydrogens (tertiary/aromatic N) is 3. The molecule has 27 heavy (non-hydrogen) atoms. The van der Waals surface area contributed by atoms with E-state index >= 15 is 0 Å². The Morgan fingerprint density at radius 3 is 2.52 bits per heavy atom. The zero-order valence-corrected chi connectivity index (χ0v) is 15.9. The van der Waals surface area contributed by atoms with Gasteiger partial charge in [-0.1, -0.05) is 0 Å². The molecule has 0 atom stereocenters. The maximum absolute atomic E-state index is 13.0. The molecule has 0 aliphatic carbocycles. The van der Waals surface area contributed by atoms with Crippen molar-refractivity contribution in [1.82, 2.24) is 14.7 Å². The van der Waals surface area contributed by atoms with Gasteiger partial charge in [0.25, 0.3) is 5.91 Å². The van der Waals surface area contributed by atoms with Crippen LogP contribution < -0.4 is 5.32 Å². The summed E-state index contributed by atoms with van der Waals surface area (Å²) < 4.78 is 20.0. The van der Waals surface area contributed by atoms with Crippen LogP contribution in [0.15, 0.2) is 24.3 Å². The highest BCUT2D eigenvalue weighted by Gasteiger charge is 2.31. The quantitative estimate of drug-likeness (QED) is 0.876. The number of aromatic nitrogens is 2. The van der Waals surface area contributed by atoms with Crippen molar-refractivity contribution >= 4 is 17.7 Å². The number of ether oxygens (including phenoxy) is 1. The van der Waals surface area contributed by atoms with Gasteiger partial charge in [-0.2, -0.15) is 5.10 Å². The highest BCUT2D eigenvalue weighted by molar-refractivity contribution is 6.04. The molecule has 8 heteroatoms. The molecular formula is C19H23FN4O3. The van der Waals surface area contributed by atoms with Crippen LogP contribution in [-0.2, 0) is 24.8 Å². The Labute approximate surface area is 157 Å². The van der Waals surface area contributed by atoms with Crippen LogP contribution in [0.4, 0.5) is 14.9 Å². The van der Waals surface area contributed by atoms with Crippen LogP contribution in [0.2, 0.25) is 0 Å². The average Bonchev–Trinajstić information content (AvgIpc) is 2.90. The van der Waals surface area contributed by atoms with Crippen molar-refractivity contribution < 1.29 is 18.7 Å². The van der Waals surface area contributed by atoms with Crippen molar-refractivity contribution in [2.75, 3.05) is 11.9 Å². The van der Waals surface area contributed by atoms with Crippen LogP contribution in [0, 0.1) is 5.82 Å². The first kappa shape index (κ1) is 18.9. The predicted molar refractivity (Wildman–Crippen MR) is 97.9 cm³/mol. The molecule has 7 nitrogen and oxygen atoms in total. The van der Waals surface area contributed by atoms with E-state index < -0.39 is 11.7 Å². The molecule has 2 aromatic rings.